The lowest BCUT2D eigenvalue weighted by atomic mass is 9.94. The highest BCUT2D eigenvalue weighted by Crippen LogP contribution is 2.29. The summed E-state index contributed by atoms with van der Waals surface area (Å²) in [6, 6.07) is 5.45. The van der Waals surface area contributed by atoms with Crippen molar-refractivity contribution in [3.8, 4) is 0 Å². The molecule has 20 heavy (non-hydrogen) atoms. The van der Waals surface area contributed by atoms with Crippen molar-refractivity contribution < 1.29 is 8.42 Å². The van der Waals surface area contributed by atoms with Crippen LogP contribution in [0.25, 0.3) is 0 Å². The topological polar surface area (TPSA) is 75.4 Å². The van der Waals surface area contributed by atoms with E-state index in [1.54, 1.807) is 12.1 Å². The Kier molecular flexibility index (Phi) is 4.25. The van der Waals surface area contributed by atoms with E-state index in [1.165, 1.54) is 6.26 Å². The van der Waals surface area contributed by atoms with Gasteiger partial charge in [0.15, 0.2) is 9.84 Å². The van der Waals surface area contributed by atoms with Crippen LogP contribution >= 0.6 is 0 Å². The lowest BCUT2D eigenvalue weighted by Crippen LogP contribution is -2.43. The predicted molar refractivity (Wildman–Crippen MR) is 82.7 cm³/mol. The monoisotopic (exact) mass is 297 g/mol. The molecule has 0 spiro atoms. The number of nitrogen functional groups attached to an aromatic ring is 1. The second-order valence-electron chi connectivity index (χ2n) is 5.77. The number of hydrogen-bond acceptors (Lipinski definition) is 5. The molecule has 1 heterocycles. The molecule has 0 amide bonds. The van der Waals surface area contributed by atoms with Gasteiger partial charge in [-0.1, -0.05) is 13.0 Å². The van der Waals surface area contributed by atoms with Crippen molar-refractivity contribution in [3.05, 3.63) is 18.2 Å². The average Bonchev–Trinajstić information content (AvgIpc) is 2.33. The lowest BCUT2D eigenvalue weighted by molar-refractivity contribution is 0.206. The van der Waals surface area contributed by atoms with Crippen LogP contribution in [0.1, 0.15) is 13.3 Å². The fraction of sp³-hybridized carbons (Fsp3) is 0.571. The van der Waals surface area contributed by atoms with E-state index in [4.69, 9.17) is 5.73 Å². The Labute approximate surface area is 121 Å². The third-order valence-electron chi connectivity index (χ3n) is 3.91. The Bertz CT molecular complexity index is 586. The van der Waals surface area contributed by atoms with Crippen molar-refractivity contribution in [2.24, 2.45) is 5.92 Å². The van der Waals surface area contributed by atoms with Crippen LogP contribution in [0.2, 0.25) is 0 Å². The molecule has 0 aliphatic carbocycles. The molecule has 2 unspecified atom stereocenters. The van der Waals surface area contributed by atoms with E-state index in [9.17, 15) is 8.42 Å². The van der Waals surface area contributed by atoms with Crippen molar-refractivity contribution in [1.29, 1.82) is 0 Å². The predicted octanol–water partition coefficient (Wildman–Crippen LogP) is 1.42. The summed E-state index contributed by atoms with van der Waals surface area (Å²) in [7, 11) is -1.18. The highest BCUT2D eigenvalue weighted by Gasteiger charge is 2.25. The quantitative estimate of drug-likeness (QED) is 0.825. The number of benzene rings is 1. The molecule has 1 aliphatic heterocycles. The molecule has 1 aromatic rings. The lowest BCUT2D eigenvalue weighted by Gasteiger charge is -2.36. The SMILES string of the molecule is CC1CN(C)CCC1Nc1cccc(S(C)(=O)=O)c1N. The van der Waals surface area contributed by atoms with Crippen LogP contribution in [0.3, 0.4) is 0 Å². The molecule has 0 radical (unpaired) electrons. The third kappa shape index (κ3) is 3.24. The van der Waals surface area contributed by atoms with E-state index in [2.05, 4.69) is 24.2 Å². The van der Waals surface area contributed by atoms with E-state index in [1.807, 2.05) is 6.07 Å². The zero-order chi connectivity index (χ0) is 14.9. The van der Waals surface area contributed by atoms with Gasteiger partial charge in [-0.15, -0.1) is 0 Å². The molecule has 0 aromatic heterocycles. The van der Waals surface area contributed by atoms with Gasteiger partial charge in [-0.3, -0.25) is 0 Å². The minimum Gasteiger partial charge on any atom is -0.396 e. The van der Waals surface area contributed by atoms with Crippen LogP contribution in [0, 0.1) is 5.92 Å². The zero-order valence-corrected chi connectivity index (χ0v) is 13.1. The number of nitrogens with zero attached hydrogens (tertiary/aromatic N) is 1. The molecule has 3 N–H and O–H groups in total. The molecule has 1 aromatic carbocycles. The summed E-state index contributed by atoms with van der Waals surface area (Å²) >= 11 is 0. The Hall–Kier alpha value is -1.27. The largest absolute Gasteiger partial charge is 0.396 e. The van der Waals surface area contributed by atoms with Gasteiger partial charge in [-0.2, -0.15) is 0 Å². The summed E-state index contributed by atoms with van der Waals surface area (Å²) in [4.78, 5) is 2.50. The Morgan fingerprint density at radius 1 is 1.40 bits per heavy atom. The first-order chi connectivity index (χ1) is 9.29. The van der Waals surface area contributed by atoms with E-state index in [0.717, 1.165) is 19.5 Å². The first kappa shape index (κ1) is 15.1. The van der Waals surface area contributed by atoms with E-state index in [0.29, 0.717) is 23.3 Å². The van der Waals surface area contributed by atoms with Crippen molar-refractivity contribution in [2.45, 2.75) is 24.3 Å². The van der Waals surface area contributed by atoms with Crippen molar-refractivity contribution in [2.75, 3.05) is 37.4 Å². The molecule has 2 rings (SSSR count). The zero-order valence-electron chi connectivity index (χ0n) is 12.3. The molecule has 1 aliphatic rings. The van der Waals surface area contributed by atoms with E-state index in [-0.39, 0.29) is 4.90 Å². The van der Waals surface area contributed by atoms with Gasteiger partial charge in [-0.05, 0) is 38.1 Å². The number of anilines is 2. The number of nitrogens with one attached hydrogen (secondary N) is 1. The summed E-state index contributed by atoms with van der Waals surface area (Å²) in [5.41, 5.74) is 7.04. The van der Waals surface area contributed by atoms with Gasteiger partial charge in [0, 0.05) is 18.8 Å². The van der Waals surface area contributed by atoms with Crippen LogP contribution in [0.15, 0.2) is 23.1 Å². The molecule has 0 saturated carbocycles. The van der Waals surface area contributed by atoms with Crippen LogP contribution in [-0.2, 0) is 9.84 Å². The number of sulfone groups is 1. The highest BCUT2D eigenvalue weighted by atomic mass is 32.2. The van der Waals surface area contributed by atoms with Crippen LogP contribution < -0.4 is 11.1 Å². The summed E-state index contributed by atoms with van der Waals surface area (Å²) in [6.07, 6.45) is 2.21. The summed E-state index contributed by atoms with van der Waals surface area (Å²) in [5.74, 6) is 0.495. The fourth-order valence-corrected chi connectivity index (χ4v) is 3.60. The molecule has 0 bridgehead atoms. The normalized spacial score (nSPS) is 24.6. The number of nitrogens with two attached hydrogens (primary N) is 1. The Balaban J connectivity index is 2.22. The maximum Gasteiger partial charge on any atom is 0.177 e. The average molecular weight is 297 g/mol. The second kappa shape index (κ2) is 5.61. The molecule has 5 nitrogen and oxygen atoms in total. The van der Waals surface area contributed by atoms with Gasteiger partial charge in [0.25, 0.3) is 0 Å². The highest BCUT2D eigenvalue weighted by molar-refractivity contribution is 7.90. The second-order valence-corrected chi connectivity index (χ2v) is 7.75. The first-order valence-corrected chi connectivity index (χ1v) is 8.72. The summed E-state index contributed by atoms with van der Waals surface area (Å²) < 4.78 is 23.4. The number of rotatable bonds is 3. The van der Waals surface area contributed by atoms with E-state index >= 15 is 0 Å². The molecular formula is C14H23N3O2S. The maximum atomic E-state index is 11.7. The molecule has 112 valence electrons. The minimum absolute atomic E-state index is 0.197. The van der Waals surface area contributed by atoms with Crippen LogP contribution in [0.5, 0.6) is 0 Å². The van der Waals surface area contributed by atoms with Gasteiger partial charge in [0.1, 0.15) is 0 Å². The van der Waals surface area contributed by atoms with Crippen molar-refractivity contribution in [3.63, 3.8) is 0 Å². The number of likely N-dealkylation sites (tertiary alicyclic amines) is 1. The molecule has 1 fully saturated rings. The van der Waals surface area contributed by atoms with Gasteiger partial charge in [0.05, 0.1) is 16.3 Å². The molecule has 6 heteroatoms. The van der Waals surface area contributed by atoms with Gasteiger partial charge >= 0.3 is 0 Å². The molecule has 1 saturated heterocycles. The fourth-order valence-electron chi connectivity index (χ4n) is 2.76. The summed E-state index contributed by atoms with van der Waals surface area (Å²) in [5, 5.41) is 3.42. The Morgan fingerprint density at radius 2 is 2.10 bits per heavy atom. The van der Waals surface area contributed by atoms with Crippen LogP contribution in [-0.4, -0.2) is 45.8 Å². The maximum absolute atomic E-state index is 11.7. The smallest absolute Gasteiger partial charge is 0.177 e. The number of piperidine rings is 1. The van der Waals surface area contributed by atoms with Crippen molar-refractivity contribution >= 4 is 21.2 Å². The van der Waals surface area contributed by atoms with E-state index < -0.39 is 9.84 Å². The Morgan fingerprint density at radius 3 is 2.70 bits per heavy atom. The first-order valence-electron chi connectivity index (χ1n) is 6.82. The van der Waals surface area contributed by atoms with Gasteiger partial charge < -0.3 is 16.0 Å². The van der Waals surface area contributed by atoms with Gasteiger partial charge in [0.2, 0.25) is 0 Å². The van der Waals surface area contributed by atoms with Crippen molar-refractivity contribution in [1.82, 2.24) is 4.90 Å². The minimum atomic E-state index is -3.29. The third-order valence-corrected chi connectivity index (χ3v) is 5.07. The summed E-state index contributed by atoms with van der Waals surface area (Å²) in [6.45, 7) is 4.26. The standard InChI is InChI=1S/C14H23N3O2S/c1-10-9-17(2)8-7-11(10)16-12-5-4-6-13(14(12)15)20(3,18)19/h4-6,10-11,16H,7-9,15H2,1-3H3. The van der Waals surface area contributed by atoms with Gasteiger partial charge in [-0.25, -0.2) is 8.42 Å². The molecule has 2 atom stereocenters. The molecular weight excluding hydrogens is 274 g/mol. The number of para-hydroxylation sites is 1. The van der Waals surface area contributed by atoms with Crippen LogP contribution in [0.4, 0.5) is 11.4 Å². The number of hydrogen-bond donors (Lipinski definition) is 2.